The van der Waals surface area contributed by atoms with Gasteiger partial charge in [-0.1, -0.05) is 12.1 Å². The number of benzene rings is 1. The fourth-order valence-corrected chi connectivity index (χ4v) is 1.38. The lowest BCUT2D eigenvalue weighted by atomic mass is 10.1. The van der Waals surface area contributed by atoms with Gasteiger partial charge in [0.05, 0.1) is 18.3 Å². The number of hydrogen-bond acceptors (Lipinski definition) is 4. The van der Waals surface area contributed by atoms with Crippen molar-refractivity contribution in [3.05, 3.63) is 35.4 Å². The normalized spacial score (nSPS) is 15.3. The molecule has 88 valence electrons. The van der Waals surface area contributed by atoms with E-state index in [0.29, 0.717) is 18.7 Å². The van der Waals surface area contributed by atoms with Gasteiger partial charge in [-0.2, -0.15) is 10.1 Å². The molecule has 0 bridgehead atoms. The molecular weight excluding hydrogens is 224 g/mol. The Morgan fingerprint density at radius 3 is 3.00 bits per heavy atom. The van der Waals surface area contributed by atoms with Crippen LogP contribution in [0.15, 0.2) is 29.4 Å². The number of nitrogens with zero attached hydrogens (tertiary/aromatic N) is 2. The summed E-state index contributed by atoms with van der Waals surface area (Å²) in [6, 6.07) is 6.29. The van der Waals surface area contributed by atoms with Gasteiger partial charge in [0.25, 0.3) is 0 Å². The van der Waals surface area contributed by atoms with Crippen LogP contribution in [0, 0.1) is 0 Å². The number of rotatable bonds is 3. The number of aromatic carboxylic acids is 1. The van der Waals surface area contributed by atoms with Crippen LogP contribution in [0.5, 0.6) is 0 Å². The third-order valence-electron chi connectivity index (χ3n) is 2.22. The van der Waals surface area contributed by atoms with E-state index in [1.54, 1.807) is 12.1 Å². The van der Waals surface area contributed by atoms with Crippen molar-refractivity contribution in [1.29, 1.82) is 0 Å². The fourth-order valence-electron chi connectivity index (χ4n) is 1.38. The number of cyclic esters (lactones) is 1. The van der Waals surface area contributed by atoms with Gasteiger partial charge in [0, 0.05) is 0 Å². The van der Waals surface area contributed by atoms with Gasteiger partial charge in [-0.25, -0.2) is 9.59 Å². The molecule has 1 fully saturated rings. The maximum atomic E-state index is 11.1. The summed E-state index contributed by atoms with van der Waals surface area (Å²) in [7, 11) is 0. The second-order valence-corrected chi connectivity index (χ2v) is 3.41. The Morgan fingerprint density at radius 1 is 1.53 bits per heavy atom. The van der Waals surface area contributed by atoms with Crippen LogP contribution in [0.2, 0.25) is 0 Å². The highest BCUT2D eigenvalue weighted by atomic mass is 16.6. The van der Waals surface area contributed by atoms with Crippen molar-refractivity contribution in [1.82, 2.24) is 5.01 Å². The summed E-state index contributed by atoms with van der Waals surface area (Å²) < 4.78 is 4.69. The standard InChI is InChI=1S/C11H10N2O4/c14-10(15)9-3-1-2-8(6-9)7-12-13-4-5-17-11(13)16/h1-3,6-7H,4-5H2,(H,14,15). The Hall–Kier alpha value is -2.37. The monoisotopic (exact) mass is 234 g/mol. The SMILES string of the molecule is O=C(O)c1cccc(C=NN2CCOC2=O)c1. The predicted molar refractivity (Wildman–Crippen MR) is 59.0 cm³/mol. The molecule has 1 aliphatic heterocycles. The lowest BCUT2D eigenvalue weighted by Gasteiger charge is -2.03. The van der Waals surface area contributed by atoms with Crippen molar-refractivity contribution in [3.63, 3.8) is 0 Å². The molecule has 0 aromatic heterocycles. The first-order valence-corrected chi connectivity index (χ1v) is 4.98. The molecule has 17 heavy (non-hydrogen) atoms. The number of carbonyl (C=O) groups excluding carboxylic acids is 1. The second-order valence-electron chi connectivity index (χ2n) is 3.41. The highest BCUT2D eigenvalue weighted by molar-refractivity contribution is 5.91. The molecular formula is C11H10N2O4. The number of ether oxygens (including phenoxy) is 1. The van der Waals surface area contributed by atoms with Gasteiger partial charge in [-0.3, -0.25) is 0 Å². The van der Waals surface area contributed by atoms with Crippen LogP contribution in [-0.4, -0.2) is 41.5 Å². The van der Waals surface area contributed by atoms with E-state index >= 15 is 0 Å². The van der Waals surface area contributed by atoms with Crippen molar-refractivity contribution in [3.8, 4) is 0 Å². The Morgan fingerprint density at radius 2 is 2.35 bits per heavy atom. The lowest BCUT2D eigenvalue weighted by Crippen LogP contribution is -2.17. The molecule has 1 aromatic carbocycles. The molecule has 1 aromatic rings. The quantitative estimate of drug-likeness (QED) is 0.796. The molecule has 1 saturated heterocycles. The van der Waals surface area contributed by atoms with E-state index < -0.39 is 12.1 Å². The molecule has 0 radical (unpaired) electrons. The van der Waals surface area contributed by atoms with Gasteiger partial charge >= 0.3 is 12.1 Å². The molecule has 0 saturated carbocycles. The molecule has 0 unspecified atom stereocenters. The van der Waals surface area contributed by atoms with Gasteiger partial charge in [-0.15, -0.1) is 0 Å². The zero-order valence-electron chi connectivity index (χ0n) is 8.87. The summed E-state index contributed by atoms with van der Waals surface area (Å²) in [5, 5.41) is 13.9. The highest BCUT2D eigenvalue weighted by Crippen LogP contribution is 2.06. The van der Waals surface area contributed by atoms with Gasteiger partial charge in [-0.05, 0) is 17.7 Å². The summed E-state index contributed by atoms with van der Waals surface area (Å²) in [6.07, 6.45) is 0.939. The molecule has 0 aliphatic carbocycles. The summed E-state index contributed by atoms with van der Waals surface area (Å²) in [5.41, 5.74) is 0.794. The van der Waals surface area contributed by atoms with Gasteiger partial charge < -0.3 is 9.84 Å². The number of amides is 1. The third kappa shape index (κ3) is 2.60. The maximum Gasteiger partial charge on any atom is 0.430 e. The van der Waals surface area contributed by atoms with Gasteiger partial charge in [0.15, 0.2) is 0 Å². The van der Waals surface area contributed by atoms with E-state index in [2.05, 4.69) is 5.10 Å². The second kappa shape index (κ2) is 4.65. The number of carbonyl (C=O) groups is 2. The molecule has 1 amide bonds. The van der Waals surface area contributed by atoms with Crippen molar-refractivity contribution in [2.24, 2.45) is 5.10 Å². The zero-order chi connectivity index (χ0) is 12.3. The number of carboxylic acids is 1. The molecule has 6 nitrogen and oxygen atoms in total. The largest absolute Gasteiger partial charge is 0.478 e. The third-order valence-corrected chi connectivity index (χ3v) is 2.22. The molecule has 1 aliphatic rings. The van der Waals surface area contributed by atoms with E-state index in [9.17, 15) is 9.59 Å². The molecule has 1 heterocycles. The fraction of sp³-hybridized carbons (Fsp3) is 0.182. The molecule has 2 rings (SSSR count). The first-order chi connectivity index (χ1) is 8.16. The van der Waals surface area contributed by atoms with Gasteiger partial charge in [0.1, 0.15) is 6.61 Å². The average Bonchev–Trinajstić information content (AvgIpc) is 2.72. The number of hydrazone groups is 1. The smallest absolute Gasteiger partial charge is 0.430 e. The van der Waals surface area contributed by atoms with Crippen LogP contribution in [0.3, 0.4) is 0 Å². The van der Waals surface area contributed by atoms with E-state index in [1.807, 2.05) is 0 Å². The molecule has 0 atom stereocenters. The van der Waals surface area contributed by atoms with E-state index in [1.165, 1.54) is 23.4 Å². The number of hydrogen-bond donors (Lipinski definition) is 1. The Balaban J connectivity index is 2.12. The predicted octanol–water partition coefficient (Wildman–Crippen LogP) is 1.17. The van der Waals surface area contributed by atoms with Crippen molar-refractivity contribution in [2.45, 2.75) is 0 Å². The Bertz CT molecular complexity index is 484. The first kappa shape index (κ1) is 11.1. The summed E-state index contributed by atoms with van der Waals surface area (Å²) in [4.78, 5) is 21.8. The van der Waals surface area contributed by atoms with Crippen molar-refractivity contribution < 1.29 is 19.4 Å². The van der Waals surface area contributed by atoms with Crippen LogP contribution in [-0.2, 0) is 4.74 Å². The molecule has 1 N–H and O–H groups in total. The average molecular weight is 234 g/mol. The zero-order valence-corrected chi connectivity index (χ0v) is 8.87. The lowest BCUT2D eigenvalue weighted by molar-refractivity contribution is 0.0696. The number of carboxylic acid groups (broad SMARTS) is 1. The first-order valence-electron chi connectivity index (χ1n) is 4.98. The van der Waals surface area contributed by atoms with Gasteiger partial charge in [0.2, 0.25) is 0 Å². The maximum absolute atomic E-state index is 11.1. The van der Waals surface area contributed by atoms with Crippen molar-refractivity contribution in [2.75, 3.05) is 13.2 Å². The van der Waals surface area contributed by atoms with E-state index in [-0.39, 0.29) is 5.56 Å². The highest BCUT2D eigenvalue weighted by Gasteiger charge is 2.20. The molecule has 0 spiro atoms. The summed E-state index contributed by atoms with van der Waals surface area (Å²) in [6.45, 7) is 0.735. The van der Waals surface area contributed by atoms with Crippen LogP contribution < -0.4 is 0 Å². The van der Waals surface area contributed by atoms with Crippen molar-refractivity contribution >= 4 is 18.3 Å². The Kier molecular flexibility index (Phi) is 3.04. The van der Waals surface area contributed by atoms with Crippen LogP contribution in [0.1, 0.15) is 15.9 Å². The van der Waals surface area contributed by atoms with E-state index in [4.69, 9.17) is 9.84 Å². The minimum atomic E-state index is -0.999. The summed E-state index contributed by atoms with van der Waals surface area (Å²) in [5.74, 6) is -0.999. The van der Waals surface area contributed by atoms with Crippen LogP contribution in [0.4, 0.5) is 4.79 Å². The van der Waals surface area contributed by atoms with Crippen LogP contribution in [0.25, 0.3) is 0 Å². The minimum absolute atomic E-state index is 0.179. The van der Waals surface area contributed by atoms with E-state index in [0.717, 1.165) is 0 Å². The minimum Gasteiger partial charge on any atom is -0.478 e. The topological polar surface area (TPSA) is 79.2 Å². The molecule has 6 heteroatoms. The Labute approximate surface area is 97.1 Å². The van der Waals surface area contributed by atoms with Crippen LogP contribution >= 0.6 is 0 Å². The summed E-state index contributed by atoms with van der Waals surface area (Å²) >= 11 is 0.